The van der Waals surface area contributed by atoms with Crippen LogP contribution in [0.15, 0.2) is 18.2 Å². The summed E-state index contributed by atoms with van der Waals surface area (Å²) in [7, 11) is 0. The van der Waals surface area contributed by atoms with E-state index in [1.807, 2.05) is 0 Å². The van der Waals surface area contributed by atoms with E-state index in [0.29, 0.717) is 17.7 Å². The summed E-state index contributed by atoms with van der Waals surface area (Å²) in [5, 5.41) is 0. The molecule has 2 aliphatic rings. The third-order valence-corrected chi connectivity index (χ3v) is 3.37. The third kappa shape index (κ3) is 1.39. The monoisotopic (exact) mass is 234 g/mol. The van der Waals surface area contributed by atoms with Gasteiger partial charge in [-0.25, -0.2) is 9.29 Å². The first-order chi connectivity index (χ1) is 8.13. The summed E-state index contributed by atoms with van der Waals surface area (Å²) in [6.45, 7) is 0.0967. The van der Waals surface area contributed by atoms with Crippen LogP contribution < -0.4 is 10.6 Å². The van der Waals surface area contributed by atoms with E-state index in [4.69, 9.17) is 5.73 Å². The molecule has 3 rings (SSSR count). The van der Waals surface area contributed by atoms with Crippen LogP contribution in [-0.4, -0.2) is 11.8 Å². The van der Waals surface area contributed by atoms with Crippen LogP contribution in [0.4, 0.5) is 10.1 Å². The summed E-state index contributed by atoms with van der Waals surface area (Å²) >= 11 is 0. The molecular formula is C12H11FN2O2. The predicted octanol–water partition coefficient (Wildman–Crippen LogP) is 0.794. The Balaban J connectivity index is 2.04. The number of anilines is 1. The highest BCUT2D eigenvalue weighted by atomic mass is 19.1. The van der Waals surface area contributed by atoms with Gasteiger partial charge >= 0.3 is 0 Å². The van der Waals surface area contributed by atoms with Gasteiger partial charge in [0.15, 0.2) is 0 Å². The number of benzene rings is 1. The molecule has 0 bridgehead atoms. The van der Waals surface area contributed by atoms with Gasteiger partial charge in [0.2, 0.25) is 11.8 Å². The largest absolute Gasteiger partial charge is 0.326 e. The minimum absolute atomic E-state index is 0.0967. The lowest BCUT2D eigenvalue weighted by molar-refractivity contribution is -0.123. The molecule has 2 unspecified atom stereocenters. The average Bonchev–Trinajstić information content (AvgIpc) is 3.06. The van der Waals surface area contributed by atoms with Crippen LogP contribution in [0.25, 0.3) is 0 Å². The normalized spacial score (nSPS) is 26.4. The number of carbonyl (C=O) groups is 2. The summed E-state index contributed by atoms with van der Waals surface area (Å²) in [6, 6.07) is 3.94. The minimum atomic E-state index is -0.418. The molecule has 0 aromatic heterocycles. The molecule has 5 heteroatoms. The number of nitrogens with two attached hydrogens (primary N) is 1. The van der Waals surface area contributed by atoms with Crippen LogP contribution in [0, 0.1) is 17.7 Å². The topological polar surface area (TPSA) is 63.4 Å². The van der Waals surface area contributed by atoms with Crippen LogP contribution in [0.3, 0.4) is 0 Å². The Morgan fingerprint density at radius 3 is 2.53 bits per heavy atom. The van der Waals surface area contributed by atoms with Gasteiger partial charge in [-0.15, -0.1) is 0 Å². The Morgan fingerprint density at radius 1 is 1.29 bits per heavy atom. The number of piperidine rings is 1. The Kier molecular flexibility index (Phi) is 2.06. The number of nitrogens with zero attached hydrogens (tertiary/aromatic N) is 1. The molecule has 1 saturated heterocycles. The summed E-state index contributed by atoms with van der Waals surface area (Å²) in [5.74, 6) is -1.09. The lowest BCUT2D eigenvalue weighted by Gasteiger charge is -2.19. The highest BCUT2D eigenvalue weighted by molar-refractivity contribution is 6.25. The van der Waals surface area contributed by atoms with Crippen LogP contribution in [-0.2, 0) is 16.1 Å². The van der Waals surface area contributed by atoms with Crippen molar-refractivity contribution in [2.45, 2.75) is 13.0 Å². The summed E-state index contributed by atoms with van der Waals surface area (Å²) in [4.78, 5) is 24.9. The van der Waals surface area contributed by atoms with E-state index in [-0.39, 0.29) is 30.2 Å². The van der Waals surface area contributed by atoms with E-state index in [2.05, 4.69) is 0 Å². The molecule has 0 spiro atoms. The molecule has 1 aromatic carbocycles. The first-order valence-corrected chi connectivity index (χ1v) is 5.50. The second kappa shape index (κ2) is 3.37. The van der Waals surface area contributed by atoms with E-state index >= 15 is 0 Å². The number of fused-ring (bicyclic) bond motifs is 1. The molecule has 4 nitrogen and oxygen atoms in total. The van der Waals surface area contributed by atoms with Crippen molar-refractivity contribution in [1.29, 1.82) is 0 Å². The number of rotatable bonds is 2. The van der Waals surface area contributed by atoms with Gasteiger partial charge in [-0.1, -0.05) is 0 Å². The molecule has 2 amide bonds. The molecule has 1 aromatic rings. The number of hydrogen-bond acceptors (Lipinski definition) is 3. The number of hydrogen-bond donors (Lipinski definition) is 1. The highest BCUT2D eigenvalue weighted by Gasteiger charge is 2.59. The van der Waals surface area contributed by atoms with Gasteiger partial charge < -0.3 is 5.73 Å². The zero-order valence-electron chi connectivity index (χ0n) is 9.02. The zero-order valence-corrected chi connectivity index (χ0v) is 9.02. The number of imide groups is 1. The summed E-state index contributed by atoms with van der Waals surface area (Å²) in [5.41, 5.74) is 6.41. The maximum atomic E-state index is 13.1. The lowest BCUT2D eigenvalue weighted by atomic mass is 10.1. The second-order valence-corrected chi connectivity index (χ2v) is 4.44. The highest BCUT2D eigenvalue weighted by Crippen LogP contribution is 2.48. The van der Waals surface area contributed by atoms with Gasteiger partial charge in [0.05, 0.1) is 17.5 Å². The molecule has 1 aliphatic carbocycles. The fourth-order valence-electron chi connectivity index (χ4n) is 2.35. The van der Waals surface area contributed by atoms with Gasteiger partial charge in [-0.3, -0.25) is 9.59 Å². The predicted molar refractivity (Wildman–Crippen MR) is 58.4 cm³/mol. The van der Waals surface area contributed by atoms with Crippen molar-refractivity contribution in [2.75, 3.05) is 4.90 Å². The third-order valence-electron chi connectivity index (χ3n) is 3.37. The fraction of sp³-hybridized carbons (Fsp3) is 0.333. The molecule has 2 atom stereocenters. The standard InChI is InChI=1S/C12H11FN2O2/c13-7-1-2-10(6(3-7)5-14)15-11(16)8-4-9(8)12(15)17/h1-3,8-9H,4-5,14H2. The van der Waals surface area contributed by atoms with Crippen LogP contribution >= 0.6 is 0 Å². The SMILES string of the molecule is NCc1cc(F)ccc1N1C(=O)C2CC2C1=O. The minimum Gasteiger partial charge on any atom is -0.326 e. The molecule has 0 radical (unpaired) electrons. The first-order valence-electron chi connectivity index (χ1n) is 5.50. The molecular weight excluding hydrogens is 223 g/mol. The van der Waals surface area contributed by atoms with Crippen molar-refractivity contribution < 1.29 is 14.0 Å². The van der Waals surface area contributed by atoms with E-state index in [1.165, 1.54) is 18.2 Å². The van der Waals surface area contributed by atoms with E-state index < -0.39 is 5.82 Å². The molecule has 2 N–H and O–H groups in total. The van der Waals surface area contributed by atoms with E-state index in [9.17, 15) is 14.0 Å². The van der Waals surface area contributed by atoms with Crippen molar-refractivity contribution in [1.82, 2.24) is 0 Å². The van der Waals surface area contributed by atoms with Crippen molar-refractivity contribution >= 4 is 17.5 Å². The van der Waals surface area contributed by atoms with Crippen molar-refractivity contribution in [3.05, 3.63) is 29.6 Å². The Labute approximate surface area is 97.2 Å². The molecule has 2 fully saturated rings. The van der Waals surface area contributed by atoms with Gasteiger partial charge in [-0.2, -0.15) is 0 Å². The number of carbonyl (C=O) groups excluding carboxylic acids is 2. The van der Waals surface area contributed by atoms with Crippen molar-refractivity contribution in [3.8, 4) is 0 Å². The first kappa shape index (κ1) is 10.4. The van der Waals surface area contributed by atoms with Crippen molar-refractivity contribution in [3.63, 3.8) is 0 Å². The maximum Gasteiger partial charge on any atom is 0.237 e. The van der Waals surface area contributed by atoms with Crippen LogP contribution in [0.2, 0.25) is 0 Å². The second-order valence-electron chi connectivity index (χ2n) is 4.44. The van der Waals surface area contributed by atoms with E-state index in [0.717, 1.165) is 4.90 Å². The Hall–Kier alpha value is -1.75. The maximum absolute atomic E-state index is 13.1. The fourth-order valence-corrected chi connectivity index (χ4v) is 2.35. The van der Waals surface area contributed by atoms with Gasteiger partial charge in [0, 0.05) is 6.54 Å². The lowest BCUT2D eigenvalue weighted by Crippen LogP contribution is -2.33. The average molecular weight is 234 g/mol. The summed E-state index contributed by atoms with van der Waals surface area (Å²) < 4.78 is 13.1. The molecule has 1 heterocycles. The molecule has 17 heavy (non-hydrogen) atoms. The van der Waals surface area contributed by atoms with Gasteiger partial charge in [0.25, 0.3) is 0 Å². The van der Waals surface area contributed by atoms with Crippen LogP contribution in [0.1, 0.15) is 12.0 Å². The van der Waals surface area contributed by atoms with E-state index in [1.54, 1.807) is 0 Å². The number of halogens is 1. The number of amides is 2. The zero-order chi connectivity index (χ0) is 12.2. The van der Waals surface area contributed by atoms with Crippen molar-refractivity contribution in [2.24, 2.45) is 17.6 Å². The quantitative estimate of drug-likeness (QED) is 0.769. The summed E-state index contributed by atoms with van der Waals surface area (Å²) in [6.07, 6.45) is 0.660. The molecule has 88 valence electrons. The van der Waals surface area contributed by atoms with Gasteiger partial charge in [-0.05, 0) is 30.2 Å². The Morgan fingerprint density at radius 2 is 1.94 bits per heavy atom. The van der Waals surface area contributed by atoms with Gasteiger partial charge in [0.1, 0.15) is 5.82 Å². The Bertz CT molecular complexity index is 509. The van der Waals surface area contributed by atoms with Crippen LogP contribution in [0.5, 0.6) is 0 Å². The smallest absolute Gasteiger partial charge is 0.237 e. The molecule has 1 saturated carbocycles. The molecule has 1 aliphatic heterocycles.